The summed E-state index contributed by atoms with van der Waals surface area (Å²) in [5.74, 6) is -5.06. The quantitative estimate of drug-likeness (QED) is 0.295. The van der Waals surface area contributed by atoms with Gasteiger partial charge in [-0.15, -0.1) is 0 Å². The van der Waals surface area contributed by atoms with E-state index in [2.05, 4.69) is 5.32 Å². The minimum absolute atomic E-state index is 0.0400. The van der Waals surface area contributed by atoms with Crippen molar-refractivity contribution in [2.75, 3.05) is 20.3 Å². The first kappa shape index (κ1) is 23.4. The Morgan fingerprint density at radius 1 is 0.912 bits per heavy atom. The molecule has 2 aliphatic heterocycles. The highest BCUT2D eigenvalue weighted by Gasteiger charge is 2.79. The van der Waals surface area contributed by atoms with Gasteiger partial charge in [0, 0.05) is 5.56 Å². The monoisotopic (exact) mass is 467 g/mol. The average Bonchev–Trinajstić information content (AvgIpc) is 3.19. The van der Waals surface area contributed by atoms with Crippen LogP contribution in [0.4, 0.5) is 0 Å². The molecule has 0 spiro atoms. The second-order valence-electron chi connectivity index (χ2n) is 7.96. The van der Waals surface area contributed by atoms with Crippen LogP contribution in [0.3, 0.4) is 0 Å². The predicted octanol–water partition coefficient (Wildman–Crippen LogP) is 2.06. The molecule has 3 atom stereocenters. The summed E-state index contributed by atoms with van der Waals surface area (Å²) in [5.41, 5.74) is -3.57. The second kappa shape index (κ2) is 8.90. The minimum atomic E-state index is -2.23. The number of nitrogens with one attached hydrogen (secondary N) is 1. The Morgan fingerprint density at radius 3 is 2.09 bits per heavy atom. The van der Waals surface area contributed by atoms with Crippen LogP contribution in [0.2, 0.25) is 0 Å². The number of methoxy groups -OCH3 is 1. The molecule has 0 amide bonds. The second-order valence-corrected chi connectivity index (χ2v) is 7.96. The van der Waals surface area contributed by atoms with Gasteiger partial charge in [0.2, 0.25) is 5.54 Å². The van der Waals surface area contributed by atoms with Gasteiger partial charge in [0.25, 0.3) is 0 Å². The van der Waals surface area contributed by atoms with Crippen molar-refractivity contribution < 1.29 is 38.1 Å². The number of benzene rings is 2. The van der Waals surface area contributed by atoms with E-state index < -0.39 is 46.8 Å². The van der Waals surface area contributed by atoms with Gasteiger partial charge in [-0.05, 0) is 25.5 Å². The standard InChI is InChI=1S/C25H25NO8/c1-4-32-22(29)25(23(30)33-5-2)18-16-13-9-10-14-17(16)34-21(28)24(18,20(27)31-3)19(26-25)15-11-7-6-8-12-15/h6-14,18-19,26H,4-5H2,1-3H3. The number of ether oxygens (including phenoxy) is 4. The van der Waals surface area contributed by atoms with Crippen molar-refractivity contribution in [3.63, 3.8) is 0 Å². The van der Waals surface area contributed by atoms with Gasteiger partial charge in [0.15, 0.2) is 5.41 Å². The van der Waals surface area contributed by atoms with E-state index in [1.165, 1.54) is 6.07 Å². The SMILES string of the molecule is CCOC(=O)C1(C(=O)OCC)NC(c2ccccc2)C2(C(=O)OC)C(=O)Oc3ccccc3C12. The molecule has 1 saturated heterocycles. The first-order valence-electron chi connectivity index (χ1n) is 11.0. The van der Waals surface area contributed by atoms with E-state index in [9.17, 15) is 19.2 Å². The molecule has 1 fully saturated rings. The highest BCUT2D eigenvalue weighted by atomic mass is 16.6. The maximum Gasteiger partial charge on any atom is 0.338 e. The van der Waals surface area contributed by atoms with Crippen LogP contribution >= 0.6 is 0 Å². The minimum Gasteiger partial charge on any atom is -0.468 e. The molecule has 34 heavy (non-hydrogen) atoms. The van der Waals surface area contributed by atoms with Crippen LogP contribution in [-0.2, 0) is 33.4 Å². The van der Waals surface area contributed by atoms with E-state index in [4.69, 9.17) is 18.9 Å². The van der Waals surface area contributed by atoms with E-state index in [1.807, 2.05) is 0 Å². The Labute approximate surface area is 196 Å². The molecule has 1 N–H and O–H groups in total. The molecule has 0 saturated carbocycles. The number of para-hydroxylation sites is 1. The van der Waals surface area contributed by atoms with E-state index in [-0.39, 0.29) is 19.0 Å². The van der Waals surface area contributed by atoms with Crippen molar-refractivity contribution in [2.24, 2.45) is 5.41 Å². The molecule has 178 valence electrons. The molecular weight excluding hydrogens is 442 g/mol. The van der Waals surface area contributed by atoms with Crippen molar-refractivity contribution in [3.8, 4) is 5.75 Å². The molecule has 0 radical (unpaired) electrons. The molecule has 3 unspecified atom stereocenters. The number of carbonyl (C=O) groups is 4. The van der Waals surface area contributed by atoms with Crippen LogP contribution in [0.25, 0.3) is 0 Å². The zero-order valence-electron chi connectivity index (χ0n) is 19.0. The molecule has 2 aromatic rings. The number of hydrogen-bond acceptors (Lipinski definition) is 9. The molecule has 9 nitrogen and oxygen atoms in total. The molecule has 0 aliphatic carbocycles. The van der Waals surface area contributed by atoms with Gasteiger partial charge in [-0.3, -0.25) is 14.9 Å². The third-order valence-electron chi connectivity index (χ3n) is 6.34. The van der Waals surface area contributed by atoms with E-state index in [0.717, 1.165) is 7.11 Å². The summed E-state index contributed by atoms with van der Waals surface area (Å²) < 4.78 is 21.4. The Hall–Kier alpha value is -3.72. The van der Waals surface area contributed by atoms with Gasteiger partial charge in [-0.2, -0.15) is 0 Å². The summed E-state index contributed by atoms with van der Waals surface area (Å²) in [4.78, 5) is 54.5. The predicted molar refractivity (Wildman–Crippen MR) is 118 cm³/mol. The highest BCUT2D eigenvalue weighted by Crippen LogP contribution is 2.62. The molecule has 0 aromatic heterocycles. The Bertz CT molecular complexity index is 1110. The van der Waals surface area contributed by atoms with Gasteiger partial charge in [-0.25, -0.2) is 9.59 Å². The van der Waals surface area contributed by atoms with Gasteiger partial charge in [0.1, 0.15) is 5.75 Å². The van der Waals surface area contributed by atoms with Crippen molar-refractivity contribution in [1.29, 1.82) is 0 Å². The van der Waals surface area contributed by atoms with Gasteiger partial charge >= 0.3 is 23.9 Å². The Balaban J connectivity index is 2.12. The summed E-state index contributed by atoms with van der Waals surface area (Å²) in [6.45, 7) is 3.11. The first-order chi connectivity index (χ1) is 16.4. The van der Waals surface area contributed by atoms with Crippen LogP contribution in [0.5, 0.6) is 5.75 Å². The molecule has 9 heteroatoms. The largest absolute Gasteiger partial charge is 0.468 e. The normalized spacial score (nSPS) is 24.3. The first-order valence-corrected chi connectivity index (χ1v) is 11.0. The fourth-order valence-electron chi connectivity index (χ4n) is 5.05. The van der Waals surface area contributed by atoms with Crippen LogP contribution < -0.4 is 10.1 Å². The van der Waals surface area contributed by atoms with Crippen molar-refractivity contribution in [1.82, 2.24) is 5.32 Å². The molecule has 2 aromatic carbocycles. The molecule has 2 aliphatic rings. The summed E-state index contributed by atoms with van der Waals surface area (Å²) >= 11 is 0. The summed E-state index contributed by atoms with van der Waals surface area (Å²) in [6, 6.07) is 13.8. The summed E-state index contributed by atoms with van der Waals surface area (Å²) in [6.07, 6.45) is 0. The third-order valence-corrected chi connectivity index (χ3v) is 6.34. The van der Waals surface area contributed by atoms with Crippen LogP contribution in [0.15, 0.2) is 54.6 Å². The van der Waals surface area contributed by atoms with Gasteiger partial charge < -0.3 is 18.9 Å². The third kappa shape index (κ3) is 3.11. The zero-order chi connectivity index (χ0) is 24.5. The fourth-order valence-corrected chi connectivity index (χ4v) is 5.05. The van der Waals surface area contributed by atoms with Crippen molar-refractivity contribution >= 4 is 23.9 Å². The molecule has 4 rings (SSSR count). The molecule has 2 heterocycles. The zero-order valence-corrected chi connectivity index (χ0v) is 19.0. The lowest BCUT2D eigenvalue weighted by Gasteiger charge is -2.40. The number of fused-ring (bicyclic) bond motifs is 3. The Kier molecular flexibility index (Phi) is 6.14. The number of esters is 4. The smallest absolute Gasteiger partial charge is 0.338 e. The summed E-state index contributed by atoms with van der Waals surface area (Å²) in [5, 5.41) is 3.01. The van der Waals surface area contributed by atoms with Crippen molar-refractivity contribution in [3.05, 3.63) is 65.7 Å². The lowest BCUT2D eigenvalue weighted by atomic mass is 9.62. The van der Waals surface area contributed by atoms with Crippen LogP contribution in [0, 0.1) is 5.41 Å². The lowest BCUT2D eigenvalue weighted by molar-refractivity contribution is -0.172. The van der Waals surface area contributed by atoms with Gasteiger partial charge in [-0.1, -0.05) is 48.5 Å². The molecular formula is C25H25NO8. The van der Waals surface area contributed by atoms with E-state index in [1.54, 1.807) is 62.4 Å². The lowest BCUT2D eigenvalue weighted by Crippen LogP contribution is -2.61. The number of rotatable bonds is 6. The van der Waals surface area contributed by atoms with Gasteiger partial charge in [0.05, 0.1) is 32.3 Å². The Morgan fingerprint density at radius 2 is 1.50 bits per heavy atom. The molecule has 0 bridgehead atoms. The van der Waals surface area contributed by atoms with Crippen molar-refractivity contribution in [2.45, 2.75) is 31.3 Å². The van der Waals surface area contributed by atoms with E-state index in [0.29, 0.717) is 11.1 Å². The number of hydrogen-bond donors (Lipinski definition) is 1. The maximum absolute atomic E-state index is 13.7. The van der Waals surface area contributed by atoms with E-state index >= 15 is 0 Å². The topological polar surface area (TPSA) is 117 Å². The van der Waals surface area contributed by atoms with Crippen LogP contribution in [-0.4, -0.2) is 49.7 Å². The maximum atomic E-state index is 13.7. The fraction of sp³-hybridized carbons (Fsp3) is 0.360. The number of carbonyl (C=O) groups excluding carboxylic acids is 4. The summed E-state index contributed by atoms with van der Waals surface area (Å²) in [7, 11) is 1.14. The average molecular weight is 467 g/mol. The van der Waals surface area contributed by atoms with Crippen LogP contribution in [0.1, 0.15) is 36.9 Å². The highest BCUT2D eigenvalue weighted by molar-refractivity contribution is 6.14.